The first-order valence-electron chi connectivity index (χ1n) is 6.88. The van der Waals surface area contributed by atoms with Gasteiger partial charge in [-0.2, -0.15) is 0 Å². The second kappa shape index (κ2) is 5.71. The van der Waals surface area contributed by atoms with E-state index in [1.165, 1.54) is 0 Å². The van der Waals surface area contributed by atoms with Crippen molar-refractivity contribution in [3.63, 3.8) is 0 Å². The Morgan fingerprint density at radius 1 is 0.762 bits per heavy atom. The molecule has 102 valence electrons. The number of ketones is 1. The van der Waals surface area contributed by atoms with E-state index in [1.807, 2.05) is 72.8 Å². The number of hydrogen-bond acceptors (Lipinski definition) is 2. The van der Waals surface area contributed by atoms with E-state index in [2.05, 4.69) is 0 Å². The summed E-state index contributed by atoms with van der Waals surface area (Å²) in [5, 5.41) is 0. The Kier molecular flexibility index (Phi) is 3.61. The molecule has 2 nitrogen and oxygen atoms in total. The monoisotopic (exact) mass is 273 g/mol. The molecule has 2 aromatic carbocycles. The van der Waals surface area contributed by atoms with Gasteiger partial charge in [0.15, 0.2) is 5.78 Å². The van der Waals surface area contributed by atoms with E-state index in [9.17, 15) is 4.79 Å². The van der Waals surface area contributed by atoms with Crippen molar-refractivity contribution in [1.82, 2.24) is 4.98 Å². The Morgan fingerprint density at radius 2 is 1.19 bits per heavy atom. The summed E-state index contributed by atoms with van der Waals surface area (Å²) in [4.78, 5) is 16.5. The van der Waals surface area contributed by atoms with Gasteiger partial charge in [0.05, 0.1) is 11.4 Å². The zero-order chi connectivity index (χ0) is 14.7. The molecular weight excluding hydrogens is 258 g/mol. The first-order chi connectivity index (χ1) is 10.2. The van der Waals surface area contributed by atoms with E-state index in [0.717, 1.165) is 22.5 Å². The average molecular weight is 273 g/mol. The smallest absolute Gasteiger partial charge is 0.159 e. The number of hydrogen-bond donors (Lipinski definition) is 0. The van der Waals surface area contributed by atoms with Gasteiger partial charge in [-0.3, -0.25) is 4.79 Å². The van der Waals surface area contributed by atoms with Crippen LogP contribution in [0.5, 0.6) is 0 Å². The van der Waals surface area contributed by atoms with Gasteiger partial charge in [0.1, 0.15) is 0 Å². The van der Waals surface area contributed by atoms with Crippen molar-refractivity contribution in [3.05, 3.63) is 78.4 Å². The normalized spacial score (nSPS) is 10.3. The van der Waals surface area contributed by atoms with Gasteiger partial charge < -0.3 is 0 Å². The van der Waals surface area contributed by atoms with Gasteiger partial charge in [0, 0.05) is 16.7 Å². The van der Waals surface area contributed by atoms with Gasteiger partial charge in [0.2, 0.25) is 0 Å². The average Bonchev–Trinajstić information content (AvgIpc) is 2.56. The van der Waals surface area contributed by atoms with E-state index < -0.39 is 0 Å². The highest BCUT2D eigenvalue weighted by molar-refractivity contribution is 5.96. The van der Waals surface area contributed by atoms with Crippen LogP contribution in [-0.4, -0.2) is 10.8 Å². The van der Waals surface area contributed by atoms with Crippen LogP contribution in [0.1, 0.15) is 17.3 Å². The summed E-state index contributed by atoms with van der Waals surface area (Å²) in [6, 6.07) is 23.5. The number of carbonyl (C=O) groups excluding carboxylic acids is 1. The third-order valence-electron chi connectivity index (χ3n) is 3.37. The zero-order valence-electron chi connectivity index (χ0n) is 11.8. The number of rotatable bonds is 3. The molecule has 0 bridgehead atoms. The predicted octanol–water partition coefficient (Wildman–Crippen LogP) is 4.62. The first kappa shape index (κ1) is 13.3. The third kappa shape index (κ3) is 2.90. The molecule has 3 rings (SSSR count). The quantitative estimate of drug-likeness (QED) is 0.652. The van der Waals surface area contributed by atoms with Crippen LogP contribution < -0.4 is 0 Å². The summed E-state index contributed by atoms with van der Waals surface area (Å²) >= 11 is 0. The number of pyridine rings is 1. The fourth-order valence-corrected chi connectivity index (χ4v) is 2.25. The van der Waals surface area contributed by atoms with Crippen molar-refractivity contribution in [2.45, 2.75) is 6.92 Å². The zero-order valence-corrected chi connectivity index (χ0v) is 11.8. The first-order valence-corrected chi connectivity index (χ1v) is 6.88. The van der Waals surface area contributed by atoms with Crippen molar-refractivity contribution in [2.75, 3.05) is 0 Å². The second-order valence-corrected chi connectivity index (χ2v) is 4.91. The van der Waals surface area contributed by atoms with Crippen LogP contribution in [0.15, 0.2) is 72.8 Å². The maximum Gasteiger partial charge on any atom is 0.159 e. The topological polar surface area (TPSA) is 30.0 Å². The summed E-state index contributed by atoms with van der Waals surface area (Å²) in [5.41, 5.74) is 4.35. The van der Waals surface area contributed by atoms with E-state index in [4.69, 9.17) is 4.98 Å². The van der Waals surface area contributed by atoms with Crippen LogP contribution >= 0.6 is 0 Å². The molecule has 0 aliphatic heterocycles. The number of benzene rings is 2. The summed E-state index contributed by atoms with van der Waals surface area (Å²) in [6.45, 7) is 1.58. The van der Waals surface area contributed by atoms with E-state index >= 15 is 0 Å². The number of carbonyl (C=O) groups is 1. The molecule has 1 aromatic heterocycles. The molecule has 0 amide bonds. The van der Waals surface area contributed by atoms with Crippen LogP contribution in [0.2, 0.25) is 0 Å². The van der Waals surface area contributed by atoms with Gasteiger partial charge in [-0.1, -0.05) is 60.7 Å². The fraction of sp³-hybridized carbons (Fsp3) is 0.0526. The number of nitrogens with zero attached hydrogens (tertiary/aromatic N) is 1. The fourth-order valence-electron chi connectivity index (χ4n) is 2.25. The minimum Gasteiger partial charge on any atom is -0.295 e. The summed E-state index contributed by atoms with van der Waals surface area (Å²) < 4.78 is 0. The minimum absolute atomic E-state index is 0.0479. The van der Waals surface area contributed by atoms with Gasteiger partial charge in [-0.15, -0.1) is 0 Å². The van der Waals surface area contributed by atoms with Gasteiger partial charge in [0.25, 0.3) is 0 Å². The highest BCUT2D eigenvalue weighted by Crippen LogP contribution is 2.24. The summed E-state index contributed by atoms with van der Waals surface area (Å²) in [6.07, 6.45) is 0. The highest BCUT2D eigenvalue weighted by Gasteiger charge is 2.09. The molecule has 0 saturated heterocycles. The molecule has 0 spiro atoms. The molecule has 0 atom stereocenters. The van der Waals surface area contributed by atoms with Crippen LogP contribution in [0.3, 0.4) is 0 Å². The molecule has 0 radical (unpaired) electrons. The summed E-state index contributed by atoms with van der Waals surface area (Å²) in [5.74, 6) is 0.0479. The Balaban J connectivity index is 2.18. The molecule has 3 aromatic rings. The van der Waals surface area contributed by atoms with Crippen molar-refractivity contribution >= 4 is 5.78 Å². The third-order valence-corrected chi connectivity index (χ3v) is 3.37. The Bertz CT molecular complexity index is 706. The van der Waals surface area contributed by atoms with E-state index in [0.29, 0.717) is 5.56 Å². The van der Waals surface area contributed by atoms with Crippen molar-refractivity contribution in [1.29, 1.82) is 0 Å². The lowest BCUT2D eigenvalue weighted by atomic mass is 10.0. The number of Topliss-reactive ketones (excluding diaryl/α,β-unsaturated/α-hetero) is 1. The molecule has 1 heterocycles. The Morgan fingerprint density at radius 3 is 1.57 bits per heavy atom. The molecule has 0 unspecified atom stereocenters. The molecular formula is C19H15NO. The van der Waals surface area contributed by atoms with E-state index in [1.54, 1.807) is 6.92 Å². The molecule has 0 N–H and O–H groups in total. The maximum absolute atomic E-state index is 11.8. The number of aromatic nitrogens is 1. The van der Waals surface area contributed by atoms with Gasteiger partial charge in [-0.25, -0.2) is 4.98 Å². The lowest BCUT2D eigenvalue weighted by Gasteiger charge is -2.08. The van der Waals surface area contributed by atoms with Crippen molar-refractivity contribution in [2.24, 2.45) is 0 Å². The lowest BCUT2D eigenvalue weighted by molar-refractivity contribution is 0.101. The Labute approximate surface area is 124 Å². The SMILES string of the molecule is CC(=O)c1cc(-c2ccccc2)nc(-c2ccccc2)c1. The van der Waals surface area contributed by atoms with Crippen LogP contribution in [0.4, 0.5) is 0 Å². The van der Waals surface area contributed by atoms with Crippen molar-refractivity contribution in [3.8, 4) is 22.5 Å². The second-order valence-electron chi connectivity index (χ2n) is 4.91. The maximum atomic E-state index is 11.8. The molecule has 21 heavy (non-hydrogen) atoms. The van der Waals surface area contributed by atoms with Crippen LogP contribution in [0.25, 0.3) is 22.5 Å². The van der Waals surface area contributed by atoms with Crippen LogP contribution in [-0.2, 0) is 0 Å². The van der Waals surface area contributed by atoms with Crippen molar-refractivity contribution < 1.29 is 4.79 Å². The molecule has 0 saturated carbocycles. The molecule has 0 aliphatic rings. The predicted molar refractivity (Wildman–Crippen MR) is 85.1 cm³/mol. The van der Waals surface area contributed by atoms with E-state index in [-0.39, 0.29) is 5.78 Å². The summed E-state index contributed by atoms with van der Waals surface area (Å²) in [7, 11) is 0. The largest absolute Gasteiger partial charge is 0.295 e. The molecule has 0 aliphatic carbocycles. The minimum atomic E-state index is 0.0479. The molecule has 2 heteroatoms. The Hall–Kier alpha value is -2.74. The van der Waals surface area contributed by atoms with Crippen LogP contribution in [0, 0.1) is 0 Å². The van der Waals surface area contributed by atoms with Gasteiger partial charge in [-0.05, 0) is 19.1 Å². The van der Waals surface area contributed by atoms with Gasteiger partial charge >= 0.3 is 0 Å². The highest BCUT2D eigenvalue weighted by atomic mass is 16.1. The lowest BCUT2D eigenvalue weighted by Crippen LogP contribution is -1.97. The molecule has 0 fully saturated rings. The standard InChI is InChI=1S/C19H15NO/c1-14(21)17-12-18(15-8-4-2-5-9-15)20-19(13-17)16-10-6-3-7-11-16/h2-13H,1H3.